The Morgan fingerprint density at radius 2 is 1.84 bits per heavy atom. The molecule has 0 saturated heterocycles. The third kappa shape index (κ3) is 4.29. The van der Waals surface area contributed by atoms with Crippen LogP contribution in [0.4, 0.5) is 0 Å². The van der Waals surface area contributed by atoms with E-state index in [1.54, 1.807) is 13.2 Å². The van der Waals surface area contributed by atoms with Gasteiger partial charge in [0, 0.05) is 0 Å². The van der Waals surface area contributed by atoms with Gasteiger partial charge < -0.3 is 14.5 Å². The summed E-state index contributed by atoms with van der Waals surface area (Å²) in [4.78, 5) is 12.6. The van der Waals surface area contributed by atoms with Crippen molar-refractivity contribution in [3.05, 3.63) is 89.9 Å². The van der Waals surface area contributed by atoms with Gasteiger partial charge in [-0.1, -0.05) is 42.5 Å². The van der Waals surface area contributed by atoms with E-state index in [1.807, 2.05) is 73.7 Å². The van der Waals surface area contributed by atoms with Crippen molar-refractivity contribution in [1.82, 2.24) is 5.32 Å². The largest absolute Gasteiger partial charge is 0.481 e. The molecule has 1 amide bonds. The molecule has 0 aliphatic heterocycles. The van der Waals surface area contributed by atoms with Gasteiger partial charge in [0.1, 0.15) is 17.6 Å². The lowest BCUT2D eigenvalue weighted by Crippen LogP contribution is -2.38. The Balaban J connectivity index is 1.74. The Bertz CT molecular complexity index is 812. The Morgan fingerprint density at radius 1 is 1.04 bits per heavy atom. The number of aryl methyl sites for hydroxylation is 1. The van der Waals surface area contributed by atoms with Crippen molar-refractivity contribution in [3.63, 3.8) is 0 Å². The molecule has 0 fully saturated rings. The van der Waals surface area contributed by atoms with E-state index in [1.165, 1.54) is 0 Å². The number of hydrogen-bond donors (Lipinski definition) is 1. The number of carbonyl (C=O) groups is 1. The highest BCUT2D eigenvalue weighted by Crippen LogP contribution is 2.23. The van der Waals surface area contributed by atoms with Crippen LogP contribution in [0.15, 0.2) is 77.4 Å². The van der Waals surface area contributed by atoms with Gasteiger partial charge in [0.05, 0.1) is 6.26 Å². The fourth-order valence-corrected chi connectivity index (χ4v) is 2.63. The quantitative estimate of drug-likeness (QED) is 0.732. The third-order valence-electron chi connectivity index (χ3n) is 3.92. The predicted octanol–water partition coefficient (Wildman–Crippen LogP) is 4.26. The fraction of sp³-hybridized carbons (Fsp3) is 0.190. The molecule has 0 bridgehead atoms. The van der Waals surface area contributed by atoms with E-state index < -0.39 is 6.10 Å². The van der Waals surface area contributed by atoms with Crippen LogP contribution in [-0.2, 0) is 4.79 Å². The normalized spacial score (nSPS) is 13.0. The van der Waals surface area contributed by atoms with E-state index in [-0.39, 0.29) is 11.9 Å². The summed E-state index contributed by atoms with van der Waals surface area (Å²) in [5, 5.41) is 3.01. The fourth-order valence-electron chi connectivity index (χ4n) is 2.63. The number of nitrogens with one attached hydrogen (secondary N) is 1. The number of amides is 1. The van der Waals surface area contributed by atoms with Gasteiger partial charge in [-0.05, 0) is 49.2 Å². The molecule has 0 unspecified atom stereocenters. The molecule has 25 heavy (non-hydrogen) atoms. The SMILES string of the molecule is Cc1cccc(O[C@H](C)C(=O)N[C@H](c2ccccc2)c2ccco2)c1. The monoisotopic (exact) mass is 335 g/mol. The lowest BCUT2D eigenvalue weighted by molar-refractivity contribution is -0.127. The van der Waals surface area contributed by atoms with Crippen molar-refractivity contribution < 1.29 is 13.9 Å². The van der Waals surface area contributed by atoms with E-state index in [2.05, 4.69) is 5.32 Å². The number of benzene rings is 2. The van der Waals surface area contributed by atoms with E-state index in [4.69, 9.17) is 9.15 Å². The maximum Gasteiger partial charge on any atom is 0.261 e. The van der Waals surface area contributed by atoms with Crippen molar-refractivity contribution in [3.8, 4) is 5.75 Å². The Hall–Kier alpha value is -3.01. The van der Waals surface area contributed by atoms with Crippen molar-refractivity contribution in [2.24, 2.45) is 0 Å². The van der Waals surface area contributed by atoms with Gasteiger partial charge >= 0.3 is 0 Å². The van der Waals surface area contributed by atoms with Crippen LogP contribution in [0, 0.1) is 6.92 Å². The van der Waals surface area contributed by atoms with E-state index in [0.717, 1.165) is 11.1 Å². The Labute approximate surface area is 147 Å². The predicted molar refractivity (Wildman–Crippen MR) is 96.4 cm³/mol. The van der Waals surface area contributed by atoms with Gasteiger partial charge in [0.25, 0.3) is 5.91 Å². The number of carbonyl (C=O) groups excluding carboxylic acids is 1. The minimum atomic E-state index is -0.622. The third-order valence-corrected chi connectivity index (χ3v) is 3.92. The first-order valence-corrected chi connectivity index (χ1v) is 8.25. The van der Waals surface area contributed by atoms with Crippen LogP contribution in [0.3, 0.4) is 0 Å². The first-order valence-electron chi connectivity index (χ1n) is 8.25. The second-order valence-electron chi connectivity index (χ2n) is 5.94. The second-order valence-corrected chi connectivity index (χ2v) is 5.94. The van der Waals surface area contributed by atoms with E-state index in [0.29, 0.717) is 11.5 Å². The van der Waals surface area contributed by atoms with Gasteiger partial charge in [0.15, 0.2) is 6.10 Å². The van der Waals surface area contributed by atoms with Gasteiger partial charge in [-0.25, -0.2) is 0 Å². The van der Waals surface area contributed by atoms with Gasteiger partial charge in [0.2, 0.25) is 0 Å². The zero-order chi connectivity index (χ0) is 17.6. The summed E-state index contributed by atoms with van der Waals surface area (Å²) in [6, 6.07) is 20.7. The van der Waals surface area contributed by atoms with Gasteiger partial charge in [-0.2, -0.15) is 0 Å². The highest BCUT2D eigenvalue weighted by molar-refractivity contribution is 5.81. The van der Waals surface area contributed by atoms with Crippen molar-refractivity contribution in [2.45, 2.75) is 26.0 Å². The van der Waals surface area contributed by atoms with Crippen LogP contribution in [0.2, 0.25) is 0 Å². The summed E-state index contributed by atoms with van der Waals surface area (Å²) in [6.07, 6.45) is 0.979. The standard InChI is InChI=1S/C21H21NO3/c1-15-8-6-11-18(14-15)25-16(2)21(23)22-20(19-12-7-13-24-19)17-9-4-3-5-10-17/h3-14,16,20H,1-2H3,(H,22,23)/t16-,20-/m1/s1. The average Bonchev–Trinajstić information content (AvgIpc) is 3.14. The highest BCUT2D eigenvalue weighted by Gasteiger charge is 2.23. The van der Waals surface area contributed by atoms with E-state index >= 15 is 0 Å². The zero-order valence-corrected chi connectivity index (χ0v) is 14.3. The highest BCUT2D eigenvalue weighted by atomic mass is 16.5. The molecule has 4 nitrogen and oxygen atoms in total. The molecule has 1 aromatic heterocycles. The smallest absolute Gasteiger partial charge is 0.261 e. The maximum absolute atomic E-state index is 12.6. The second kappa shape index (κ2) is 7.71. The van der Waals surface area contributed by atoms with E-state index in [9.17, 15) is 4.79 Å². The van der Waals surface area contributed by atoms with Crippen LogP contribution in [-0.4, -0.2) is 12.0 Å². The van der Waals surface area contributed by atoms with Crippen LogP contribution in [0.1, 0.15) is 29.9 Å². The number of furan rings is 1. The lowest BCUT2D eigenvalue weighted by atomic mass is 10.0. The molecule has 0 radical (unpaired) electrons. The van der Waals surface area contributed by atoms with Gasteiger partial charge in [-0.15, -0.1) is 0 Å². The minimum absolute atomic E-state index is 0.202. The van der Waals surface area contributed by atoms with Crippen LogP contribution < -0.4 is 10.1 Å². The molecule has 4 heteroatoms. The van der Waals surface area contributed by atoms with Crippen LogP contribution >= 0.6 is 0 Å². The summed E-state index contributed by atoms with van der Waals surface area (Å²) in [7, 11) is 0. The first-order chi connectivity index (χ1) is 12.1. The molecule has 0 aliphatic rings. The Morgan fingerprint density at radius 3 is 2.52 bits per heavy atom. The van der Waals surface area contributed by atoms with Crippen molar-refractivity contribution in [1.29, 1.82) is 0 Å². The minimum Gasteiger partial charge on any atom is -0.481 e. The van der Waals surface area contributed by atoms with Crippen molar-refractivity contribution >= 4 is 5.91 Å². The zero-order valence-electron chi connectivity index (χ0n) is 14.3. The molecule has 0 aliphatic carbocycles. The van der Waals surface area contributed by atoms with Crippen LogP contribution in [0.25, 0.3) is 0 Å². The molecular formula is C21H21NO3. The molecule has 0 spiro atoms. The molecule has 2 atom stereocenters. The molecule has 2 aromatic carbocycles. The number of ether oxygens (including phenoxy) is 1. The molecular weight excluding hydrogens is 314 g/mol. The number of hydrogen-bond acceptors (Lipinski definition) is 3. The molecule has 128 valence electrons. The summed E-state index contributed by atoms with van der Waals surface area (Å²) < 4.78 is 11.3. The molecule has 1 heterocycles. The lowest BCUT2D eigenvalue weighted by Gasteiger charge is -2.21. The average molecular weight is 335 g/mol. The molecule has 0 saturated carbocycles. The molecule has 3 aromatic rings. The first kappa shape index (κ1) is 16.8. The summed E-state index contributed by atoms with van der Waals surface area (Å²) >= 11 is 0. The number of rotatable bonds is 6. The molecule has 3 rings (SSSR count). The maximum atomic E-state index is 12.6. The molecule has 1 N–H and O–H groups in total. The summed E-state index contributed by atoms with van der Waals surface area (Å²) in [5.74, 6) is 1.16. The topological polar surface area (TPSA) is 51.5 Å². The van der Waals surface area contributed by atoms with Gasteiger partial charge in [-0.3, -0.25) is 4.79 Å². The summed E-state index contributed by atoms with van der Waals surface area (Å²) in [5.41, 5.74) is 2.04. The Kier molecular flexibility index (Phi) is 5.19. The van der Waals surface area contributed by atoms with Crippen LogP contribution in [0.5, 0.6) is 5.75 Å². The summed E-state index contributed by atoms with van der Waals surface area (Å²) in [6.45, 7) is 3.72. The van der Waals surface area contributed by atoms with Crippen molar-refractivity contribution in [2.75, 3.05) is 0 Å².